The zero-order valence-electron chi connectivity index (χ0n) is 12.2. The third-order valence-electron chi connectivity index (χ3n) is 4.09. The zero-order valence-corrected chi connectivity index (χ0v) is 13.0. The minimum atomic E-state index is -3.49. The summed E-state index contributed by atoms with van der Waals surface area (Å²) < 4.78 is 38.4. The number of rotatable bonds is 3. The first-order valence-electron chi connectivity index (χ1n) is 7.41. The van der Waals surface area contributed by atoms with E-state index in [0.717, 1.165) is 24.8 Å². The molecule has 0 amide bonds. The van der Waals surface area contributed by atoms with Crippen LogP contribution in [0.15, 0.2) is 29.2 Å². The van der Waals surface area contributed by atoms with Crippen molar-refractivity contribution in [2.75, 3.05) is 19.8 Å². The van der Waals surface area contributed by atoms with E-state index in [2.05, 4.69) is 0 Å². The topological polar surface area (TPSA) is 55.8 Å². The Morgan fingerprint density at radius 2 is 1.76 bits per heavy atom. The summed E-state index contributed by atoms with van der Waals surface area (Å²) in [6.45, 7) is 3.56. The smallest absolute Gasteiger partial charge is 0.243 e. The van der Waals surface area contributed by atoms with E-state index in [9.17, 15) is 8.42 Å². The Balaban J connectivity index is 1.89. The van der Waals surface area contributed by atoms with Crippen LogP contribution in [0.25, 0.3) is 0 Å². The van der Waals surface area contributed by atoms with Gasteiger partial charge in [-0.25, -0.2) is 8.42 Å². The number of hydrogen-bond acceptors (Lipinski definition) is 4. The van der Waals surface area contributed by atoms with Gasteiger partial charge >= 0.3 is 0 Å². The largest absolute Gasteiger partial charge is 0.349 e. The molecule has 0 radical (unpaired) electrons. The van der Waals surface area contributed by atoms with Gasteiger partial charge in [-0.2, -0.15) is 4.31 Å². The molecule has 2 aliphatic heterocycles. The van der Waals surface area contributed by atoms with E-state index in [-0.39, 0.29) is 6.04 Å². The lowest BCUT2D eigenvalue weighted by Gasteiger charge is -2.36. The lowest BCUT2D eigenvalue weighted by molar-refractivity contribution is -0.0913. The van der Waals surface area contributed by atoms with E-state index in [1.165, 1.54) is 0 Å². The normalized spacial score (nSPS) is 25.3. The predicted molar refractivity (Wildman–Crippen MR) is 78.4 cm³/mol. The van der Waals surface area contributed by atoms with Gasteiger partial charge in [-0.15, -0.1) is 0 Å². The molecule has 0 unspecified atom stereocenters. The van der Waals surface area contributed by atoms with E-state index in [1.54, 1.807) is 16.4 Å². The van der Waals surface area contributed by atoms with Crippen molar-refractivity contribution in [1.82, 2.24) is 4.31 Å². The maximum Gasteiger partial charge on any atom is 0.243 e. The van der Waals surface area contributed by atoms with Gasteiger partial charge in [0, 0.05) is 6.54 Å². The van der Waals surface area contributed by atoms with Crippen molar-refractivity contribution in [3.8, 4) is 0 Å². The van der Waals surface area contributed by atoms with E-state index < -0.39 is 16.3 Å². The summed E-state index contributed by atoms with van der Waals surface area (Å²) in [7, 11) is -3.49. The number of ether oxygens (including phenoxy) is 2. The molecule has 5 nitrogen and oxygen atoms in total. The number of benzene rings is 1. The fraction of sp³-hybridized carbons (Fsp3) is 0.600. The molecule has 2 heterocycles. The highest BCUT2D eigenvalue weighted by Crippen LogP contribution is 2.29. The van der Waals surface area contributed by atoms with Crippen LogP contribution in [0, 0.1) is 6.92 Å². The second-order valence-corrected chi connectivity index (χ2v) is 7.49. The molecular formula is C15H21NO4S. The minimum absolute atomic E-state index is 0.215. The second kappa shape index (κ2) is 6.04. The molecule has 6 heteroatoms. The van der Waals surface area contributed by atoms with E-state index in [1.807, 2.05) is 19.1 Å². The first-order valence-corrected chi connectivity index (χ1v) is 8.85. The van der Waals surface area contributed by atoms with Gasteiger partial charge in [0.2, 0.25) is 10.0 Å². The lowest BCUT2D eigenvalue weighted by atomic mass is 10.0. The molecule has 0 bridgehead atoms. The number of piperidine rings is 1. The van der Waals surface area contributed by atoms with Gasteiger partial charge in [-0.3, -0.25) is 0 Å². The Hall–Kier alpha value is -0.950. The molecule has 0 N–H and O–H groups in total. The van der Waals surface area contributed by atoms with Crippen LogP contribution in [0.3, 0.4) is 0 Å². The number of sulfonamides is 1. The van der Waals surface area contributed by atoms with Crippen LogP contribution < -0.4 is 0 Å². The van der Waals surface area contributed by atoms with Crippen molar-refractivity contribution >= 4 is 10.0 Å². The van der Waals surface area contributed by atoms with Crippen molar-refractivity contribution in [2.45, 2.75) is 43.4 Å². The van der Waals surface area contributed by atoms with E-state index in [0.29, 0.717) is 24.7 Å². The molecule has 0 aromatic heterocycles. The average Bonchev–Trinajstić information content (AvgIpc) is 3.02. The fourth-order valence-corrected chi connectivity index (χ4v) is 4.63. The molecular weight excluding hydrogens is 290 g/mol. The highest BCUT2D eigenvalue weighted by atomic mass is 32.2. The maximum atomic E-state index is 12.9. The number of nitrogens with zero attached hydrogens (tertiary/aromatic N) is 1. The monoisotopic (exact) mass is 311 g/mol. The average molecular weight is 311 g/mol. The molecule has 116 valence electrons. The second-order valence-electron chi connectivity index (χ2n) is 5.60. The van der Waals surface area contributed by atoms with Gasteiger partial charge in [-0.1, -0.05) is 24.1 Å². The van der Waals surface area contributed by atoms with Crippen LogP contribution in [-0.4, -0.2) is 44.8 Å². The molecule has 0 saturated carbocycles. The summed E-state index contributed by atoms with van der Waals surface area (Å²) in [5.41, 5.74) is 1.05. The van der Waals surface area contributed by atoms with Gasteiger partial charge in [0.25, 0.3) is 0 Å². The Bertz CT molecular complexity index is 578. The molecule has 0 spiro atoms. The lowest BCUT2D eigenvalue weighted by Crippen LogP contribution is -2.50. The van der Waals surface area contributed by atoms with Crippen LogP contribution >= 0.6 is 0 Å². The van der Waals surface area contributed by atoms with Crippen LogP contribution in [0.5, 0.6) is 0 Å². The quantitative estimate of drug-likeness (QED) is 0.855. The number of hydrogen-bond donors (Lipinski definition) is 0. The molecule has 1 atom stereocenters. The molecule has 0 aliphatic carbocycles. The zero-order chi connectivity index (χ0) is 14.9. The highest BCUT2D eigenvalue weighted by Gasteiger charge is 2.40. The first-order chi connectivity index (χ1) is 10.1. The third-order valence-corrected chi connectivity index (χ3v) is 6.03. The van der Waals surface area contributed by atoms with Gasteiger partial charge in [0.15, 0.2) is 6.29 Å². The fourth-order valence-electron chi connectivity index (χ4n) is 2.95. The van der Waals surface area contributed by atoms with Crippen molar-refractivity contribution in [3.05, 3.63) is 29.8 Å². The Morgan fingerprint density at radius 1 is 1.10 bits per heavy atom. The summed E-state index contributed by atoms with van der Waals surface area (Å²) >= 11 is 0. The minimum Gasteiger partial charge on any atom is -0.349 e. The summed E-state index contributed by atoms with van der Waals surface area (Å²) in [6.07, 6.45) is 2.25. The van der Waals surface area contributed by atoms with Crippen molar-refractivity contribution < 1.29 is 17.9 Å². The molecule has 1 aromatic carbocycles. The molecule has 2 aliphatic rings. The molecule has 21 heavy (non-hydrogen) atoms. The summed E-state index contributed by atoms with van der Waals surface area (Å²) in [4.78, 5) is 0.345. The van der Waals surface area contributed by atoms with Crippen molar-refractivity contribution in [3.63, 3.8) is 0 Å². The van der Waals surface area contributed by atoms with Crippen LogP contribution in [0.2, 0.25) is 0 Å². The van der Waals surface area contributed by atoms with Crippen LogP contribution in [0.1, 0.15) is 24.8 Å². The van der Waals surface area contributed by atoms with Gasteiger partial charge in [-0.05, 0) is 31.9 Å². The molecule has 2 fully saturated rings. The molecule has 3 rings (SSSR count). The SMILES string of the molecule is Cc1ccc(S(=O)(=O)N2CCCC[C@H]2C2OCCO2)cc1. The van der Waals surface area contributed by atoms with Crippen molar-refractivity contribution in [1.29, 1.82) is 0 Å². The van der Waals surface area contributed by atoms with Crippen LogP contribution in [0.4, 0.5) is 0 Å². The van der Waals surface area contributed by atoms with E-state index >= 15 is 0 Å². The highest BCUT2D eigenvalue weighted by molar-refractivity contribution is 7.89. The summed E-state index contributed by atoms with van der Waals surface area (Å²) in [6, 6.07) is 6.79. The third kappa shape index (κ3) is 2.99. The van der Waals surface area contributed by atoms with Gasteiger partial charge < -0.3 is 9.47 Å². The maximum absolute atomic E-state index is 12.9. The van der Waals surface area contributed by atoms with Gasteiger partial charge in [0.05, 0.1) is 24.2 Å². The standard InChI is InChI=1S/C15H21NO4S/c1-12-5-7-13(8-6-12)21(17,18)16-9-3-2-4-14(16)15-19-10-11-20-15/h5-8,14-15H,2-4,9-11H2,1H3/t14-/m0/s1. The molecule has 2 saturated heterocycles. The molecule has 1 aromatic rings. The Labute approximate surface area is 125 Å². The first kappa shape index (κ1) is 15.0. The van der Waals surface area contributed by atoms with Crippen LogP contribution in [-0.2, 0) is 19.5 Å². The Kier molecular flexibility index (Phi) is 4.31. The summed E-state index contributed by atoms with van der Waals surface area (Å²) in [5.74, 6) is 0. The van der Waals surface area contributed by atoms with Crippen molar-refractivity contribution in [2.24, 2.45) is 0 Å². The number of aryl methyl sites for hydroxylation is 1. The summed E-state index contributed by atoms with van der Waals surface area (Å²) in [5, 5.41) is 0. The van der Waals surface area contributed by atoms with Gasteiger partial charge in [0.1, 0.15) is 0 Å². The van der Waals surface area contributed by atoms with E-state index in [4.69, 9.17) is 9.47 Å². The Morgan fingerprint density at radius 3 is 2.43 bits per heavy atom. The predicted octanol–water partition coefficient (Wildman–Crippen LogP) is 1.91.